The van der Waals surface area contributed by atoms with Crippen LogP contribution in [0.2, 0.25) is 0 Å². The Morgan fingerprint density at radius 2 is 1.45 bits per heavy atom. The zero-order valence-corrected chi connectivity index (χ0v) is 22.4. The van der Waals surface area contributed by atoms with Gasteiger partial charge in [0.05, 0.1) is 12.3 Å². The lowest BCUT2D eigenvalue weighted by Crippen LogP contribution is -2.38. The molecule has 172 valence electrons. The predicted octanol–water partition coefficient (Wildman–Crippen LogP) is 4.44. The Morgan fingerprint density at radius 1 is 0.903 bits per heavy atom. The summed E-state index contributed by atoms with van der Waals surface area (Å²) in [6.07, 6.45) is 2.17. The average molecular weight is 558 g/mol. The van der Waals surface area contributed by atoms with Crippen LogP contribution in [0.5, 0.6) is 0 Å². The summed E-state index contributed by atoms with van der Waals surface area (Å²) in [7, 11) is -3.01. The van der Waals surface area contributed by atoms with Crippen LogP contribution in [0.3, 0.4) is 0 Å². The molecule has 0 aliphatic carbocycles. The maximum Gasteiger partial charge on any atom is 0.191 e. The van der Waals surface area contributed by atoms with Crippen molar-refractivity contribution in [2.24, 2.45) is 4.99 Å². The molecule has 0 saturated carbocycles. The number of benzene rings is 2. The summed E-state index contributed by atoms with van der Waals surface area (Å²) in [6.45, 7) is 10.8. The molecule has 0 radical (unpaired) electrons. The quantitative estimate of drug-likeness (QED) is 0.286. The first-order chi connectivity index (χ1) is 14.1. The molecule has 0 aromatic heterocycles. The van der Waals surface area contributed by atoms with Crippen molar-refractivity contribution in [1.82, 2.24) is 10.6 Å². The Bertz CT molecular complexity index is 932. The fourth-order valence-electron chi connectivity index (χ4n) is 3.05. The zero-order chi connectivity index (χ0) is 22.2. The molecule has 5 nitrogen and oxygen atoms in total. The average Bonchev–Trinajstić information content (AvgIpc) is 2.66. The number of hydrogen-bond donors (Lipinski definition) is 2. The Balaban J connectivity index is 0.00000480. The van der Waals surface area contributed by atoms with Crippen molar-refractivity contribution >= 4 is 39.8 Å². The van der Waals surface area contributed by atoms with E-state index in [2.05, 4.69) is 60.7 Å². The van der Waals surface area contributed by atoms with Crippen LogP contribution in [0.25, 0.3) is 0 Å². The lowest BCUT2D eigenvalue weighted by molar-refractivity contribution is 0.590. The van der Waals surface area contributed by atoms with Crippen molar-refractivity contribution in [3.05, 3.63) is 70.8 Å². The van der Waals surface area contributed by atoms with Gasteiger partial charge in [-0.25, -0.2) is 13.4 Å². The number of guanidine groups is 1. The normalized spacial score (nSPS) is 12.2. The highest BCUT2D eigenvalue weighted by molar-refractivity contribution is 14.0. The van der Waals surface area contributed by atoms with Gasteiger partial charge in [-0.1, -0.05) is 69.3 Å². The van der Waals surface area contributed by atoms with Gasteiger partial charge in [-0.2, -0.15) is 0 Å². The highest BCUT2D eigenvalue weighted by Crippen LogP contribution is 2.22. The first-order valence-electron chi connectivity index (χ1n) is 10.4. The third kappa shape index (κ3) is 10.5. The monoisotopic (exact) mass is 557 g/mol. The molecule has 0 aliphatic heterocycles. The number of hydrogen-bond acceptors (Lipinski definition) is 3. The molecule has 2 rings (SSSR count). The third-order valence-electron chi connectivity index (χ3n) is 4.74. The number of halogens is 1. The van der Waals surface area contributed by atoms with Crippen molar-refractivity contribution in [2.45, 2.75) is 51.8 Å². The van der Waals surface area contributed by atoms with Crippen LogP contribution >= 0.6 is 24.0 Å². The van der Waals surface area contributed by atoms with Gasteiger partial charge in [0.1, 0.15) is 0 Å². The predicted molar refractivity (Wildman–Crippen MR) is 142 cm³/mol. The summed E-state index contributed by atoms with van der Waals surface area (Å²) in [5, 5.41) is 6.66. The van der Waals surface area contributed by atoms with Gasteiger partial charge in [0.2, 0.25) is 0 Å². The van der Waals surface area contributed by atoms with Crippen LogP contribution in [0.15, 0.2) is 53.5 Å². The van der Waals surface area contributed by atoms with Crippen molar-refractivity contribution < 1.29 is 8.42 Å². The van der Waals surface area contributed by atoms with Gasteiger partial charge in [-0.15, -0.1) is 24.0 Å². The zero-order valence-electron chi connectivity index (χ0n) is 19.2. The Morgan fingerprint density at radius 3 is 1.97 bits per heavy atom. The van der Waals surface area contributed by atoms with E-state index in [9.17, 15) is 8.42 Å². The van der Waals surface area contributed by atoms with Crippen LogP contribution < -0.4 is 10.6 Å². The van der Waals surface area contributed by atoms with Gasteiger partial charge in [-0.05, 0) is 41.0 Å². The summed E-state index contributed by atoms with van der Waals surface area (Å²) < 4.78 is 22.8. The summed E-state index contributed by atoms with van der Waals surface area (Å²) in [5.41, 5.74) is 4.66. The van der Waals surface area contributed by atoms with Gasteiger partial charge in [0.15, 0.2) is 15.8 Å². The van der Waals surface area contributed by atoms with Crippen LogP contribution in [0.4, 0.5) is 0 Å². The molecule has 0 bridgehead atoms. The summed E-state index contributed by atoms with van der Waals surface area (Å²) in [5.74, 6) is 0.848. The minimum absolute atomic E-state index is 0. The van der Waals surface area contributed by atoms with E-state index in [-0.39, 0.29) is 35.1 Å². The maximum absolute atomic E-state index is 11.4. The Kier molecular flexibility index (Phi) is 11.0. The molecule has 0 aliphatic rings. The van der Waals surface area contributed by atoms with Gasteiger partial charge in [0.25, 0.3) is 0 Å². The van der Waals surface area contributed by atoms with Gasteiger partial charge in [0, 0.05) is 19.3 Å². The molecule has 31 heavy (non-hydrogen) atoms. The molecule has 0 unspecified atom stereocenters. The lowest BCUT2D eigenvalue weighted by Gasteiger charge is -2.19. The fourth-order valence-corrected chi connectivity index (χ4v) is 3.85. The van der Waals surface area contributed by atoms with Crippen molar-refractivity contribution in [3.8, 4) is 0 Å². The van der Waals surface area contributed by atoms with E-state index in [0.29, 0.717) is 6.54 Å². The molecule has 2 N–H and O–H groups in total. The molecule has 0 spiro atoms. The minimum Gasteiger partial charge on any atom is -0.357 e. The maximum atomic E-state index is 11.4. The smallest absolute Gasteiger partial charge is 0.191 e. The topological polar surface area (TPSA) is 70.6 Å². The molecule has 0 heterocycles. The van der Waals surface area contributed by atoms with Gasteiger partial charge >= 0.3 is 0 Å². The standard InChI is InChI=1S/C24H35N3O2S.HI/c1-6-25-23(26-16-15-19-11-13-22(14-12-19)24(2,3)4)27-17-20-7-9-21(10-8-20)18-30(5,28)29;/h7-14H,6,15-18H2,1-5H3,(H2,25,26,27);1H. The first-order valence-corrected chi connectivity index (χ1v) is 12.5. The number of nitrogens with zero attached hydrogens (tertiary/aromatic N) is 1. The second-order valence-electron chi connectivity index (χ2n) is 8.71. The summed E-state index contributed by atoms with van der Waals surface area (Å²) in [4.78, 5) is 4.64. The highest BCUT2D eigenvalue weighted by atomic mass is 127. The number of rotatable bonds is 8. The molecule has 0 atom stereocenters. The van der Waals surface area contributed by atoms with E-state index in [1.165, 1.54) is 17.4 Å². The van der Waals surface area contributed by atoms with E-state index in [1.54, 1.807) is 0 Å². The Hall–Kier alpha value is -1.61. The molecule has 0 saturated heterocycles. The lowest BCUT2D eigenvalue weighted by atomic mass is 9.86. The van der Waals surface area contributed by atoms with Crippen molar-refractivity contribution in [3.63, 3.8) is 0 Å². The summed E-state index contributed by atoms with van der Waals surface area (Å²) >= 11 is 0. The van der Waals surface area contributed by atoms with Crippen molar-refractivity contribution in [2.75, 3.05) is 19.3 Å². The van der Waals surface area contributed by atoms with Crippen molar-refractivity contribution in [1.29, 1.82) is 0 Å². The number of sulfone groups is 1. The van der Waals surface area contributed by atoms with E-state index < -0.39 is 9.84 Å². The molecule has 0 fully saturated rings. The summed E-state index contributed by atoms with van der Waals surface area (Å²) in [6, 6.07) is 16.4. The molecule has 7 heteroatoms. The first kappa shape index (κ1) is 27.4. The fraction of sp³-hybridized carbons (Fsp3) is 0.458. The van der Waals surface area contributed by atoms with Crippen LogP contribution in [0.1, 0.15) is 49.9 Å². The SMILES string of the molecule is CCNC(=NCc1ccc(CS(C)(=O)=O)cc1)NCCc1ccc(C(C)(C)C)cc1.I. The second-order valence-corrected chi connectivity index (χ2v) is 10.8. The van der Waals surface area contributed by atoms with Crippen LogP contribution in [-0.2, 0) is 34.0 Å². The number of aliphatic imine (C=N–C) groups is 1. The largest absolute Gasteiger partial charge is 0.357 e. The van der Waals surface area contributed by atoms with E-state index >= 15 is 0 Å². The molecule has 0 amide bonds. The number of nitrogens with one attached hydrogen (secondary N) is 2. The van der Waals surface area contributed by atoms with E-state index in [4.69, 9.17) is 0 Å². The van der Waals surface area contributed by atoms with Gasteiger partial charge < -0.3 is 10.6 Å². The minimum atomic E-state index is -3.01. The van der Waals surface area contributed by atoms with Gasteiger partial charge in [-0.3, -0.25) is 0 Å². The highest BCUT2D eigenvalue weighted by Gasteiger charge is 2.12. The second kappa shape index (κ2) is 12.4. The third-order valence-corrected chi connectivity index (χ3v) is 5.60. The Labute approximate surface area is 205 Å². The molecular weight excluding hydrogens is 521 g/mol. The van der Waals surface area contributed by atoms with Crippen LogP contribution in [-0.4, -0.2) is 33.7 Å². The van der Waals surface area contributed by atoms with Crippen LogP contribution in [0, 0.1) is 0 Å². The molecule has 2 aromatic carbocycles. The molecular formula is C24H36IN3O2S. The molecule has 2 aromatic rings. The van der Waals surface area contributed by atoms with E-state index in [0.717, 1.165) is 36.6 Å². The van der Waals surface area contributed by atoms with E-state index in [1.807, 2.05) is 31.2 Å².